The van der Waals surface area contributed by atoms with Crippen LogP contribution < -0.4 is 0 Å². The maximum Gasteiger partial charge on any atom is 0.175 e. The van der Waals surface area contributed by atoms with Crippen molar-refractivity contribution in [1.82, 2.24) is 0 Å². The van der Waals surface area contributed by atoms with E-state index in [9.17, 15) is 0 Å². The van der Waals surface area contributed by atoms with Gasteiger partial charge in [-0.25, -0.2) is 11.2 Å². The third-order valence-corrected chi connectivity index (χ3v) is 1.41. The van der Waals surface area contributed by atoms with Crippen LogP contribution in [0.3, 0.4) is 0 Å². The molecule has 1 heteroatoms. The second-order valence-corrected chi connectivity index (χ2v) is 2.49. The summed E-state index contributed by atoms with van der Waals surface area (Å²) >= 11 is 0. The first-order chi connectivity index (χ1) is 4.70. The molecule has 0 amide bonds. The molecule has 0 aromatic carbocycles. The fourth-order valence-corrected chi connectivity index (χ4v) is 0.772. The van der Waals surface area contributed by atoms with Crippen molar-refractivity contribution in [1.29, 1.82) is 0 Å². The topological polar surface area (TPSA) is 3.01 Å². The van der Waals surface area contributed by atoms with Gasteiger partial charge < -0.3 is 0 Å². The predicted molar refractivity (Wildman–Crippen MR) is 43.2 cm³/mol. The minimum absolute atomic E-state index is 0.811. The third kappa shape index (κ3) is 1.44. The number of hydrogen-bond donors (Lipinski definition) is 0. The van der Waals surface area contributed by atoms with E-state index in [1.54, 1.807) is 0 Å². The Morgan fingerprint density at radius 2 is 1.60 bits per heavy atom. The molecule has 0 heterocycles. The van der Waals surface area contributed by atoms with Crippen LogP contribution in [0.1, 0.15) is 0 Å². The zero-order chi connectivity index (χ0) is 7.56. The summed E-state index contributed by atoms with van der Waals surface area (Å²) in [6, 6.07) is 0. The molecule has 0 aliphatic heterocycles. The van der Waals surface area contributed by atoms with Gasteiger partial charge in [-0.15, -0.1) is 0 Å². The van der Waals surface area contributed by atoms with Crippen molar-refractivity contribution < 1.29 is 4.58 Å². The van der Waals surface area contributed by atoms with Crippen LogP contribution >= 0.6 is 0 Å². The van der Waals surface area contributed by atoms with E-state index in [-0.39, 0.29) is 0 Å². The highest BCUT2D eigenvalue weighted by atomic mass is 14.9. The van der Waals surface area contributed by atoms with Crippen molar-refractivity contribution in [3.63, 3.8) is 0 Å². The molecule has 0 atom stereocenters. The van der Waals surface area contributed by atoms with Gasteiger partial charge in [-0.3, -0.25) is 0 Å². The van der Waals surface area contributed by atoms with Gasteiger partial charge in [-0.05, 0) is 12.2 Å². The van der Waals surface area contributed by atoms with Gasteiger partial charge in [0, 0.05) is 0 Å². The Kier molecular flexibility index (Phi) is 1.86. The van der Waals surface area contributed by atoms with Gasteiger partial charge in [0.05, 0.1) is 0 Å². The van der Waals surface area contributed by atoms with Crippen molar-refractivity contribution >= 4 is 5.71 Å². The summed E-state index contributed by atoms with van der Waals surface area (Å²) < 4.78 is 2.04. The molecule has 0 saturated carbocycles. The van der Waals surface area contributed by atoms with Crippen LogP contribution in [-0.4, -0.2) is 24.4 Å². The van der Waals surface area contributed by atoms with Crippen LogP contribution in [0.2, 0.25) is 0 Å². The number of hydrogen-bond acceptors (Lipinski definition) is 0. The molecule has 0 aromatic rings. The molecule has 0 aromatic heterocycles. The van der Waals surface area contributed by atoms with Crippen LogP contribution in [-0.2, 0) is 0 Å². The maximum atomic E-state index is 5.51. The lowest BCUT2D eigenvalue weighted by molar-refractivity contribution is -0.462. The zero-order valence-corrected chi connectivity index (χ0v) is 6.33. The lowest BCUT2D eigenvalue weighted by Gasteiger charge is -2.05. The van der Waals surface area contributed by atoms with E-state index < -0.39 is 0 Å². The molecular formula is C9H11N. The van der Waals surface area contributed by atoms with Crippen LogP contribution in [0.4, 0.5) is 0 Å². The van der Waals surface area contributed by atoms with Crippen molar-refractivity contribution in [3.05, 3.63) is 36.5 Å². The van der Waals surface area contributed by atoms with Crippen LogP contribution in [0.15, 0.2) is 29.9 Å². The van der Waals surface area contributed by atoms with Crippen molar-refractivity contribution in [3.8, 4) is 0 Å². The van der Waals surface area contributed by atoms with Crippen LogP contribution in [0.25, 0.3) is 0 Å². The summed E-state index contributed by atoms with van der Waals surface area (Å²) in [6.45, 7) is 5.51. The van der Waals surface area contributed by atoms with Crippen LogP contribution in [0.5, 0.6) is 0 Å². The second-order valence-electron chi connectivity index (χ2n) is 2.49. The number of rotatable bonds is 0. The summed E-state index contributed by atoms with van der Waals surface area (Å²) in [4.78, 5) is 0. The first-order valence-electron chi connectivity index (χ1n) is 3.23. The summed E-state index contributed by atoms with van der Waals surface area (Å²) in [6.07, 6.45) is 7.79. The van der Waals surface area contributed by atoms with Gasteiger partial charge in [0.2, 0.25) is 0 Å². The van der Waals surface area contributed by atoms with E-state index in [4.69, 9.17) is 6.58 Å². The highest BCUT2D eigenvalue weighted by Gasteiger charge is 1.95. The molecule has 52 valence electrons. The Morgan fingerprint density at radius 3 is 2.00 bits per heavy atom. The Morgan fingerprint density at radius 1 is 1.10 bits per heavy atom. The summed E-state index contributed by atoms with van der Waals surface area (Å²) in [5, 5.41) is 0. The molecule has 1 rings (SSSR count). The van der Waals surface area contributed by atoms with Crippen molar-refractivity contribution in [2.75, 3.05) is 14.1 Å². The standard InChI is InChI=1S/C9H11N/c1-8-4-6-9(7-5-8)10(2)3/h1,4-7H,2-3H3. The molecule has 10 heavy (non-hydrogen) atoms. The maximum absolute atomic E-state index is 5.51. The first-order valence-corrected chi connectivity index (χ1v) is 3.23. The summed E-state index contributed by atoms with van der Waals surface area (Å²) in [5.41, 5.74) is 1.99. The van der Waals surface area contributed by atoms with Crippen molar-refractivity contribution in [2.45, 2.75) is 0 Å². The zero-order valence-electron chi connectivity index (χ0n) is 6.33. The SMILES string of the molecule is [CH-]=C1C=CC(=[N+](C)C)C=C1. The Hall–Kier alpha value is -1.11. The van der Waals surface area contributed by atoms with Gasteiger partial charge in [-0.1, -0.05) is 0 Å². The summed E-state index contributed by atoms with van der Waals surface area (Å²) in [5.74, 6) is 0. The third-order valence-electron chi connectivity index (χ3n) is 1.41. The van der Waals surface area contributed by atoms with E-state index in [1.807, 2.05) is 43.0 Å². The molecule has 0 fully saturated rings. The van der Waals surface area contributed by atoms with Gasteiger partial charge in [-0.2, -0.15) is 17.7 Å². The molecule has 0 bridgehead atoms. The monoisotopic (exact) mass is 133 g/mol. The van der Waals surface area contributed by atoms with Gasteiger partial charge >= 0.3 is 0 Å². The quantitative estimate of drug-likeness (QED) is 0.345. The first kappa shape index (κ1) is 7.00. The van der Waals surface area contributed by atoms with E-state index in [0.29, 0.717) is 0 Å². The Balaban J connectivity index is 2.91. The Labute approximate surface area is 61.7 Å². The lowest BCUT2D eigenvalue weighted by Crippen LogP contribution is -2.09. The molecule has 0 N–H and O–H groups in total. The highest BCUT2D eigenvalue weighted by molar-refractivity contribution is 6.02. The highest BCUT2D eigenvalue weighted by Crippen LogP contribution is 2.02. The van der Waals surface area contributed by atoms with E-state index in [0.717, 1.165) is 5.57 Å². The van der Waals surface area contributed by atoms with E-state index >= 15 is 0 Å². The number of nitrogens with zero attached hydrogens (tertiary/aromatic N) is 1. The molecule has 0 unspecified atom stereocenters. The minimum atomic E-state index is 0.811. The van der Waals surface area contributed by atoms with Gasteiger partial charge in [0.15, 0.2) is 5.71 Å². The Bertz CT molecular complexity index is 219. The number of allylic oxidation sites excluding steroid dienone is 5. The van der Waals surface area contributed by atoms with Gasteiger partial charge in [0.25, 0.3) is 0 Å². The average Bonchev–Trinajstić information content (AvgIpc) is 1.88. The smallest absolute Gasteiger partial charge is 0.175 e. The molecule has 1 aliphatic rings. The fraction of sp³-hybridized carbons (Fsp3) is 0.222. The largest absolute Gasteiger partial charge is 0.237 e. The van der Waals surface area contributed by atoms with Crippen LogP contribution in [0, 0.1) is 6.58 Å². The fourth-order valence-electron chi connectivity index (χ4n) is 0.772. The molecule has 0 spiro atoms. The van der Waals surface area contributed by atoms with E-state index in [2.05, 4.69) is 0 Å². The molecular weight excluding hydrogens is 122 g/mol. The molecule has 1 aliphatic carbocycles. The predicted octanol–water partition coefficient (Wildman–Crippen LogP) is 1.18. The average molecular weight is 133 g/mol. The molecule has 0 radical (unpaired) electrons. The minimum Gasteiger partial charge on any atom is -0.237 e. The molecule has 0 saturated heterocycles. The van der Waals surface area contributed by atoms with E-state index in [1.165, 1.54) is 5.71 Å². The molecule has 1 nitrogen and oxygen atoms in total. The summed E-state index contributed by atoms with van der Waals surface area (Å²) in [7, 11) is 4.01. The second kappa shape index (κ2) is 2.65. The lowest BCUT2D eigenvalue weighted by atomic mass is 10.1. The van der Waals surface area contributed by atoms with Crippen molar-refractivity contribution in [2.24, 2.45) is 0 Å². The normalized spacial score (nSPS) is 16.2. The van der Waals surface area contributed by atoms with Gasteiger partial charge in [0.1, 0.15) is 14.1 Å².